The third kappa shape index (κ3) is 6.07. The molecule has 0 heterocycles. The molecule has 2 N–H and O–H groups in total. The maximum atomic E-state index is 11.6. The summed E-state index contributed by atoms with van der Waals surface area (Å²) >= 11 is 3.44. The summed E-state index contributed by atoms with van der Waals surface area (Å²) in [6.45, 7) is 7.55. The summed E-state index contributed by atoms with van der Waals surface area (Å²) in [5.41, 5.74) is 1.04. The number of rotatable bonds is 7. The summed E-state index contributed by atoms with van der Waals surface area (Å²) in [6, 6.07) is 5.91. The van der Waals surface area contributed by atoms with Crippen molar-refractivity contribution in [1.82, 2.24) is 10.6 Å². The van der Waals surface area contributed by atoms with Crippen molar-refractivity contribution in [3.8, 4) is 5.75 Å². The average molecular weight is 329 g/mol. The van der Waals surface area contributed by atoms with Gasteiger partial charge in [0.1, 0.15) is 5.75 Å². The topological polar surface area (TPSA) is 50.4 Å². The van der Waals surface area contributed by atoms with Gasteiger partial charge in [0.2, 0.25) is 0 Å². The lowest BCUT2D eigenvalue weighted by molar-refractivity contribution is -0.123. The lowest BCUT2D eigenvalue weighted by atomic mass is 10.2. The second kappa shape index (κ2) is 8.17. The first-order valence-corrected chi connectivity index (χ1v) is 7.23. The molecular formula is C14H21BrN2O2. The van der Waals surface area contributed by atoms with E-state index in [-0.39, 0.29) is 18.6 Å². The molecule has 106 valence electrons. The summed E-state index contributed by atoms with van der Waals surface area (Å²) in [7, 11) is 0. The molecule has 0 aliphatic rings. The van der Waals surface area contributed by atoms with Gasteiger partial charge in [-0.05, 0) is 38.6 Å². The van der Waals surface area contributed by atoms with Crippen LogP contribution in [-0.4, -0.2) is 25.1 Å². The van der Waals surface area contributed by atoms with Gasteiger partial charge >= 0.3 is 0 Å². The molecule has 0 aromatic heterocycles. The zero-order valence-electron chi connectivity index (χ0n) is 11.6. The lowest BCUT2D eigenvalue weighted by Gasteiger charge is -2.13. The molecule has 0 fully saturated rings. The molecule has 0 radical (unpaired) electrons. The summed E-state index contributed by atoms with van der Waals surface area (Å²) in [5.74, 6) is 0.635. The van der Waals surface area contributed by atoms with Gasteiger partial charge in [-0.3, -0.25) is 4.79 Å². The number of nitrogens with one attached hydrogen (secondary N) is 2. The Hall–Kier alpha value is -1.07. The van der Waals surface area contributed by atoms with E-state index in [2.05, 4.69) is 33.5 Å². The second-order valence-corrected chi connectivity index (χ2v) is 5.46. The molecule has 1 rings (SSSR count). The molecule has 5 heteroatoms. The lowest BCUT2D eigenvalue weighted by Crippen LogP contribution is -2.34. The first kappa shape index (κ1) is 16.0. The van der Waals surface area contributed by atoms with Crippen molar-refractivity contribution in [2.45, 2.75) is 33.4 Å². The van der Waals surface area contributed by atoms with E-state index in [1.54, 1.807) is 0 Å². The molecule has 0 unspecified atom stereocenters. The van der Waals surface area contributed by atoms with Crippen molar-refractivity contribution in [2.75, 3.05) is 13.2 Å². The molecule has 0 aliphatic heterocycles. The highest BCUT2D eigenvalue weighted by Crippen LogP contribution is 2.23. The van der Waals surface area contributed by atoms with Crippen LogP contribution in [0.1, 0.15) is 26.3 Å². The molecule has 4 nitrogen and oxygen atoms in total. The number of carbonyl (C=O) groups is 1. The predicted octanol–water partition coefficient (Wildman–Crippen LogP) is 2.46. The molecule has 1 amide bonds. The van der Waals surface area contributed by atoms with Gasteiger partial charge < -0.3 is 15.4 Å². The first-order valence-electron chi connectivity index (χ1n) is 6.44. The Kier molecular flexibility index (Phi) is 6.87. The molecule has 0 spiro atoms. The highest BCUT2D eigenvalue weighted by Gasteiger charge is 2.08. The third-order valence-corrected chi connectivity index (χ3v) is 2.89. The minimum atomic E-state index is -0.104. The molecular weight excluding hydrogens is 308 g/mol. The van der Waals surface area contributed by atoms with E-state index < -0.39 is 0 Å². The zero-order valence-corrected chi connectivity index (χ0v) is 13.2. The van der Waals surface area contributed by atoms with Crippen molar-refractivity contribution < 1.29 is 9.53 Å². The fourth-order valence-corrected chi connectivity index (χ4v) is 2.00. The van der Waals surface area contributed by atoms with Gasteiger partial charge in [0.25, 0.3) is 5.91 Å². The highest BCUT2D eigenvalue weighted by molar-refractivity contribution is 9.10. The third-order valence-electron chi connectivity index (χ3n) is 2.40. The number of halogens is 1. The standard InChI is InChI=1S/C14H21BrN2O2/c1-4-16-8-11-7-12(15)5-6-13(11)19-9-14(18)17-10(2)3/h5-7,10,16H,4,8-9H2,1-3H3,(H,17,18). The van der Waals surface area contributed by atoms with Crippen LogP contribution in [0.5, 0.6) is 5.75 Å². The number of hydrogen-bond donors (Lipinski definition) is 2. The average Bonchev–Trinajstić information content (AvgIpc) is 2.34. The maximum Gasteiger partial charge on any atom is 0.258 e. The van der Waals surface area contributed by atoms with Crippen LogP contribution < -0.4 is 15.4 Å². The van der Waals surface area contributed by atoms with E-state index >= 15 is 0 Å². The molecule has 0 saturated heterocycles. The van der Waals surface area contributed by atoms with Crippen LogP contribution in [0.3, 0.4) is 0 Å². The van der Waals surface area contributed by atoms with Gasteiger partial charge in [-0.1, -0.05) is 22.9 Å². The van der Waals surface area contributed by atoms with Crippen LogP contribution in [-0.2, 0) is 11.3 Å². The summed E-state index contributed by atoms with van der Waals surface area (Å²) < 4.78 is 6.58. The van der Waals surface area contributed by atoms with Crippen LogP contribution in [0.25, 0.3) is 0 Å². The smallest absolute Gasteiger partial charge is 0.258 e. The van der Waals surface area contributed by atoms with Gasteiger partial charge in [0.05, 0.1) is 0 Å². The minimum absolute atomic E-state index is 0.0406. The molecule has 19 heavy (non-hydrogen) atoms. The van der Waals surface area contributed by atoms with Gasteiger partial charge in [-0.2, -0.15) is 0 Å². The van der Waals surface area contributed by atoms with Crippen molar-refractivity contribution in [3.63, 3.8) is 0 Å². The molecule has 0 atom stereocenters. The summed E-state index contributed by atoms with van der Waals surface area (Å²) in [4.78, 5) is 11.6. The van der Waals surface area contributed by atoms with Gasteiger partial charge in [-0.15, -0.1) is 0 Å². The van der Waals surface area contributed by atoms with Crippen LogP contribution >= 0.6 is 15.9 Å². The van der Waals surface area contributed by atoms with Crippen LogP contribution in [0, 0.1) is 0 Å². The Morgan fingerprint density at radius 2 is 2.16 bits per heavy atom. The van der Waals surface area contributed by atoms with Crippen molar-refractivity contribution in [2.24, 2.45) is 0 Å². The van der Waals surface area contributed by atoms with E-state index in [4.69, 9.17) is 4.74 Å². The van der Waals surface area contributed by atoms with Gasteiger partial charge in [0, 0.05) is 22.6 Å². The van der Waals surface area contributed by atoms with Crippen LogP contribution in [0.2, 0.25) is 0 Å². The Labute approximate surface area is 123 Å². The summed E-state index contributed by atoms with van der Waals surface area (Å²) in [5, 5.41) is 6.05. The fourth-order valence-electron chi connectivity index (χ4n) is 1.59. The zero-order chi connectivity index (χ0) is 14.3. The number of benzene rings is 1. The molecule has 1 aromatic rings. The SMILES string of the molecule is CCNCc1cc(Br)ccc1OCC(=O)NC(C)C. The Bertz CT molecular complexity index is 422. The quantitative estimate of drug-likeness (QED) is 0.808. The number of hydrogen-bond acceptors (Lipinski definition) is 3. The van der Waals surface area contributed by atoms with E-state index in [0.29, 0.717) is 0 Å². The van der Waals surface area contributed by atoms with Crippen LogP contribution in [0.15, 0.2) is 22.7 Å². The van der Waals surface area contributed by atoms with Crippen LogP contribution in [0.4, 0.5) is 0 Å². The maximum absolute atomic E-state index is 11.6. The predicted molar refractivity (Wildman–Crippen MR) is 80.3 cm³/mol. The molecule has 1 aromatic carbocycles. The number of amides is 1. The van der Waals surface area contributed by atoms with Gasteiger partial charge in [0.15, 0.2) is 6.61 Å². The normalized spacial score (nSPS) is 10.6. The van der Waals surface area contributed by atoms with E-state index in [0.717, 1.165) is 28.9 Å². The molecule has 0 saturated carbocycles. The Morgan fingerprint density at radius 3 is 2.79 bits per heavy atom. The largest absolute Gasteiger partial charge is 0.483 e. The number of carbonyl (C=O) groups excluding carboxylic acids is 1. The molecule has 0 bridgehead atoms. The van der Waals surface area contributed by atoms with E-state index in [9.17, 15) is 4.79 Å². The molecule has 0 aliphatic carbocycles. The Balaban J connectivity index is 2.63. The Morgan fingerprint density at radius 1 is 1.42 bits per heavy atom. The number of ether oxygens (including phenoxy) is 1. The van der Waals surface area contributed by atoms with Crippen molar-refractivity contribution >= 4 is 21.8 Å². The summed E-state index contributed by atoms with van der Waals surface area (Å²) in [6.07, 6.45) is 0. The van der Waals surface area contributed by atoms with E-state index in [1.807, 2.05) is 32.0 Å². The van der Waals surface area contributed by atoms with E-state index in [1.165, 1.54) is 0 Å². The van der Waals surface area contributed by atoms with Crippen molar-refractivity contribution in [3.05, 3.63) is 28.2 Å². The monoisotopic (exact) mass is 328 g/mol. The van der Waals surface area contributed by atoms with Gasteiger partial charge in [-0.25, -0.2) is 0 Å². The fraction of sp³-hybridized carbons (Fsp3) is 0.500. The minimum Gasteiger partial charge on any atom is -0.483 e. The second-order valence-electron chi connectivity index (χ2n) is 4.54. The first-order chi connectivity index (χ1) is 9.02. The van der Waals surface area contributed by atoms with Crippen molar-refractivity contribution in [1.29, 1.82) is 0 Å². The highest BCUT2D eigenvalue weighted by atomic mass is 79.9.